The second-order valence-corrected chi connectivity index (χ2v) is 7.47. The van der Waals surface area contributed by atoms with Gasteiger partial charge in [-0.2, -0.15) is 0 Å². The van der Waals surface area contributed by atoms with Crippen molar-refractivity contribution in [2.24, 2.45) is 0 Å². The molecule has 1 atom stereocenters. The highest BCUT2D eigenvalue weighted by Crippen LogP contribution is 2.42. The number of hydrogen-bond acceptors (Lipinski definition) is 4. The van der Waals surface area contributed by atoms with Crippen molar-refractivity contribution in [3.63, 3.8) is 0 Å². The Balaban J connectivity index is 1.79. The average molecular weight is 406 g/mol. The molecule has 2 aromatic rings. The number of dihydropyridines is 1. The first-order chi connectivity index (χ1) is 14.5. The Morgan fingerprint density at radius 1 is 1.13 bits per heavy atom. The van der Waals surface area contributed by atoms with Gasteiger partial charge < -0.3 is 15.4 Å². The van der Waals surface area contributed by atoms with Crippen LogP contribution in [0.4, 0.5) is 10.1 Å². The molecule has 1 aliphatic heterocycles. The summed E-state index contributed by atoms with van der Waals surface area (Å²) in [5, 5.41) is 5.93. The van der Waals surface area contributed by atoms with Crippen molar-refractivity contribution in [2.45, 2.75) is 32.1 Å². The molecule has 30 heavy (non-hydrogen) atoms. The fourth-order valence-corrected chi connectivity index (χ4v) is 4.17. The summed E-state index contributed by atoms with van der Waals surface area (Å²) in [7, 11) is 1.59. The van der Waals surface area contributed by atoms with Gasteiger partial charge >= 0.3 is 0 Å². The number of Topliss-reactive ketones (excluding diaryl/α,β-unsaturated/α-hetero) is 1. The van der Waals surface area contributed by atoms with Crippen molar-refractivity contribution in [3.05, 3.63) is 82.5 Å². The predicted octanol–water partition coefficient (Wildman–Crippen LogP) is 4.44. The third kappa shape index (κ3) is 3.61. The minimum absolute atomic E-state index is 0.0354. The van der Waals surface area contributed by atoms with Gasteiger partial charge in [-0.1, -0.05) is 24.3 Å². The lowest BCUT2D eigenvalue weighted by molar-refractivity contribution is -0.116. The SMILES string of the molecule is COc1ccc([C@@H]2C(C(=O)Nc3ccccc3F)=C(C)NC3=C2C(=O)CCC3)cc1. The van der Waals surface area contributed by atoms with Crippen LogP contribution in [0.15, 0.2) is 71.1 Å². The summed E-state index contributed by atoms with van der Waals surface area (Å²) < 4.78 is 19.4. The molecule has 6 heteroatoms. The number of ether oxygens (including phenoxy) is 1. The molecular weight excluding hydrogens is 383 g/mol. The number of para-hydroxylation sites is 1. The molecule has 5 nitrogen and oxygen atoms in total. The van der Waals surface area contributed by atoms with E-state index in [-0.39, 0.29) is 11.5 Å². The van der Waals surface area contributed by atoms with Crippen molar-refractivity contribution in [2.75, 3.05) is 12.4 Å². The molecule has 1 amide bonds. The van der Waals surface area contributed by atoms with E-state index in [0.717, 1.165) is 24.1 Å². The van der Waals surface area contributed by atoms with Crippen LogP contribution in [-0.2, 0) is 9.59 Å². The van der Waals surface area contributed by atoms with Gasteiger partial charge in [-0.25, -0.2) is 4.39 Å². The van der Waals surface area contributed by atoms with Crippen LogP contribution < -0.4 is 15.4 Å². The molecule has 0 spiro atoms. The molecule has 0 unspecified atom stereocenters. The largest absolute Gasteiger partial charge is 0.497 e. The Morgan fingerprint density at radius 3 is 2.57 bits per heavy atom. The normalized spacial score (nSPS) is 18.6. The molecule has 0 saturated heterocycles. The molecule has 2 N–H and O–H groups in total. The number of amides is 1. The maximum atomic E-state index is 14.1. The Hall–Kier alpha value is -3.41. The van der Waals surface area contributed by atoms with Crippen LogP contribution in [0.5, 0.6) is 5.75 Å². The molecular formula is C24H23FN2O3. The van der Waals surface area contributed by atoms with Crippen molar-refractivity contribution in [1.82, 2.24) is 5.32 Å². The van der Waals surface area contributed by atoms with E-state index in [2.05, 4.69) is 10.6 Å². The van der Waals surface area contributed by atoms with Crippen LogP contribution in [0.2, 0.25) is 0 Å². The topological polar surface area (TPSA) is 67.4 Å². The van der Waals surface area contributed by atoms with E-state index >= 15 is 0 Å². The van der Waals surface area contributed by atoms with E-state index in [1.54, 1.807) is 19.2 Å². The zero-order valence-corrected chi connectivity index (χ0v) is 16.9. The third-order valence-corrected chi connectivity index (χ3v) is 5.59. The van der Waals surface area contributed by atoms with E-state index in [4.69, 9.17) is 4.74 Å². The number of carbonyl (C=O) groups excluding carboxylic acids is 2. The Bertz CT molecular complexity index is 1070. The van der Waals surface area contributed by atoms with E-state index in [1.165, 1.54) is 12.1 Å². The minimum atomic E-state index is -0.522. The first-order valence-electron chi connectivity index (χ1n) is 9.93. The Morgan fingerprint density at radius 2 is 1.87 bits per heavy atom. The quantitative estimate of drug-likeness (QED) is 0.788. The Labute approximate surface area is 174 Å². The molecule has 1 aliphatic carbocycles. The zero-order valence-electron chi connectivity index (χ0n) is 16.9. The number of methoxy groups -OCH3 is 1. The standard InChI is InChI=1S/C24H23FN2O3/c1-14-21(24(29)27-18-7-4-3-6-17(18)25)22(15-10-12-16(30-2)13-11-15)23-19(26-14)8-5-9-20(23)28/h3-4,6-7,10-13,22,26H,5,8-9H2,1-2H3,(H,27,29)/t22-/m1/s1. The van der Waals surface area contributed by atoms with Crippen molar-refractivity contribution in [1.29, 1.82) is 0 Å². The molecule has 1 heterocycles. The highest BCUT2D eigenvalue weighted by molar-refractivity contribution is 6.09. The van der Waals surface area contributed by atoms with Gasteiger partial charge in [0.1, 0.15) is 11.6 Å². The van der Waals surface area contributed by atoms with Gasteiger partial charge in [-0.15, -0.1) is 0 Å². The van der Waals surface area contributed by atoms with E-state index in [9.17, 15) is 14.0 Å². The molecule has 2 aromatic carbocycles. The average Bonchev–Trinajstić information content (AvgIpc) is 2.74. The summed E-state index contributed by atoms with van der Waals surface area (Å²) in [6, 6.07) is 13.4. The number of anilines is 1. The Kier molecular flexibility index (Phi) is 5.40. The van der Waals surface area contributed by atoms with Gasteiger partial charge in [0.15, 0.2) is 5.78 Å². The molecule has 2 aliphatic rings. The second kappa shape index (κ2) is 8.14. The summed E-state index contributed by atoms with van der Waals surface area (Å²) in [6.07, 6.45) is 1.99. The molecule has 0 aromatic heterocycles. The molecule has 0 saturated carbocycles. The predicted molar refractivity (Wildman–Crippen MR) is 112 cm³/mol. The van der Waals surface area contributed by atoms with E-state index in [0.29, 0.717) is 29.0 Å². The number of halogens is 1. The van der Waals surface area contributed by atoms with Crippen LogP contribution in [-0.4, -0.2) is 18.8 Å². The van der Waals surface area contributed by atoms with Gasteiger partial charge in [-0.05, 0) is 49.6 Å². The molecule has 0 fully saturated rings. The maximum absolute atomic E-state index is 14.1. The van der Waals surface area contributed by atoms with Gasteiger partial charge in [0.25, 0.3) is 5.91 Å². The summed E-state index contributed by atoms with van der Waals surface area (Å²) in [6.45, 7) is 1.82. The van der Waals surface area contributed by atoms with Crippen molar-refractivity contribution < 1.29 is 18.7 Å². The fourth-order valence-electron chi connectivity index (χ4n) is 4.17. The summed E-state index contributed by atoms with van der Waals surface area (Å²) in [4.78, 5) is 26.2. The maximum Gasteiger partial charge on any atom is 0.254 e. The summed E-state index contributed by atoms with van der Waals surface area (Å²) in [5.41, 5.74) is 3.49. The molecule has 154 valence electrons. The van der Waals surface area contributed by atoms with Crippen molar-refractivity contribution >= 4 is 17.4 Å². The summed E-state index contributed by atoms with van der Waals surface area (Å²) >= 11 is 0. The number of ketones is 1. The lowest BCUT2D eigenvalue weighted by Gasteiger charge is -2.34. The van der Waals surface area contributed by atoms with Gasteiger partial charge in [0.05, 0.1) is 12.8 Å². The monoisotopic (exact) mass is 406 g/mol. The number of nitrogens with one attached hydrogen (secondary N) is 2. The highest BCUT2D eigenvalue weighted by atomic mass is 19.1. The van der Waals surface area contributed by atoms with Gasteiger partial charge in [0, 0.05) is 34.9 Å². The first-order valence-corrected chi connectivity index (χ1v) is 9.93. The zero-order chi connectivity index (χ0) is 21.3. The number of benzene rings is 2. The molecule has 0 bridgehead atoms. The number of carbonyl (C=O) groups is 2. The first kappa shape index (κ1) is 19.9. The van der Waals surface area contributed by atoms with Gasteiger partial charge in [0.2, 0.25) is 0 Å². The van der Waals surface area contributed by atoms with Crippen LogP contribution in [0.25, 0.3) is 0 Å². The van der Waals surface area contributed by atoms with Crippen molar-refractivity contribution in [3.8, 4) is 5.75 Å². The van der Waals surface area contributed by atoms with Crippen LogP contribution in [0.1, 0.15) is 37.7 Å². The number of allylic oxidation sites excluding steroid dienone is 3. The van der Waals surface area contributed by atoms with Crippen LogP contribution >= 0.6 is 0 Å². The van der Waals surface area contributed by atoms with Gasteiger partial charge in [-0.3, -0.25) is 9.59 Å². The lowest BCUT2D eigenvalue weighted by atomic mass is 9.75. The van der Waals surface area contributed by atoms with Crippen LogP contribution in [0, 0.1) is 5.82 Å². The lowest BCUT2D eigenvalue weighted by Crippen LogP contribution is -2.35. The van der Waals surface area contributed by atoms with E-state index in [1.807, 2.05) is 31.2 Å². The smallest absolute Gasteiger partial charge is 0.254 e. The summed E-state index contributed by atoms with van der Waals surface area (Å²) in [5.74, 6) is -0.742. The molecule has 4 rings (SSSR count). The second-order valence-electron chi connectivity index (χ2n) is 7.47. The molecule has 0 radical (unpaired) electrons. The fraction of sp³-hybridized carbons (Fsp3) is 0.250. The third-order valence-electron chi connectivity index (χ3n) is 5.59. The number of hydrogen-bond donors (Lipinski definition) is 2. The van der Waals surface area contributed by atoms with Crippen LogP contribution in [0.3, 0.4) is 0 Å². The number of rotatable bonds is 4. The van der Waals surface area contributed by atoms with E-state index < -0.39 is 17.6 Å². The highest BCUT2D eigenvalue weighted by Gasteiger charge is 2.38. The minimum Gasteiger partial charge on any atom is -0.497 e.